The predicted octanol–water partition coefficient (Wildman–Crippen LogP) is 1.54. The van der Waals surface area contributed by atoms with Crippen LogP contribution in [-0.2, 0) is 9.53 Å². The van der Waals surface area contributed by atoms with E-state index in [2.05, 4.69) is 6.07 Å². The standard InChI is InChI=1S/C14H16N2O2/c15-11-13(12-5-2-1-3-6-12)14(17)16-7-4-9-18-10-8-16/h1-3,5-6,13H,4,7-10H2. The van der Waals surface area contributed by atoms with Crippen molar-refractivity contribution < 1.29 is 9.53 Å². The van der Waals surface area contributed by atoms with Crippen LogP contribution in [0.3, 0.4) is 0 Å². The molecular formula is C14H16N2O2. The molecule has 0 aliphatic carbocycles. The van der Waals surface area contributed by atoms with Crippen molar-refractivity contribution in [3.63, 3.8) is 0 Å². The maximum absolute atomic E-state index is 12.3. The number of rotatable bonds is 2. The largest absolute Gasteiger partial charge is 0.380 e. The van der Waals surface area contributed by atoms with Gasteiger partial charge in [0.05, 0.1) is 12.7 Å². The predicted molar refractivity (Wildman–Crippen MR) is 66.8 cm³/mol. The maximum Gasteiger partial charge on any atom is 0.244 e. The fraction of sp³-hybridized carbons (Fsp3) is 0.429. The van der Waals surface area contributed by atoms with Gasteiger partial charge in [-0.15, -0.1) is 0 Å². The van der Waals surface area contributed by atoms with Gasteiger partial charge in [-0.3, -0.25) is 4.79 Å². The first-order valence-corrected chi connectivity index (χ1v) is 6.14. The number of hydrogen-bond acceptors (Lipinski definition) is 3. The van der Waals surface area contributed by atoms with Gasteiger partial charge in [-0.25, -0.2) is 0 Å². The summed E-state index contributed by atoms with van der Waals surface area (Å²) in [6.45, 7) is 2.48. The molecule has 4 nitrogen and oxygen atoms in total. The maximum atomic E-state index is 12.3. The Morgan fingerprint density at radius 1 is 1.28 bits per heavy atom. The summed E-state index contributed by atoms with van der Waals surface area (Å²) >= 11 is 0. The molecule has 1 atom stereocenters. The van der Waals surface area contributed by atoms with Gasteiger partial charge in [0.25, 0.3) is 0 Å². The van der Waals surface area contributed by atoms with E-state index < -0.39 is 5.92 Å². The zero-order valence-electron chi connectivity index (χ0n) is 10.2. The van der Waals surface area contributed by atoms with E-state index in [0.29, 0.717) is 26.3 Å². The molecule has 1 saturated heterocycles. The monoisotopic (exact) mass is 244 g/mol. The topological polar surface area (TPSA) is 53.3 Å². The zero-order valence-corrected chi connectivity index (χ0v) is 10.2. The summed E-state index contributed by atoms with van der Waals surface area (Å²) in [5.41, 5.74) is 0.759. The van der Waals surface area contributed by atoms with E-state index in [-0.39, 0.29) is 5.91 Å². The van der Waals surface area contributed by atoms with Crippen molar-refractivity contribution in [3.8, 4) is 6.07 Å². The van der Waals surface area contributed by atoms with Gasteiger partial charge >= 0.3 is 0 Å². The molecule has 0 radical (unpaired) electrons. The lowest BCUT2D eigenvalue weighted by atomic mass is 9.99. The summed E-state index contributed by atoms with van der Waals surface area (Å²) in [6.07, 6.45) is 0.832. The zero-order chi connectivity index (χ0) is 12.8. The molecule has 0 saturated carbocycles. The molecule has 0 bridgehead atoms. The van der Waals surface area contributed by atoms with E-state index in [9.17, 15) is 10.1 Å². The van der Waals surface area contributed by atoms with E-state index in [1.807, 2.05) is 30.3 Å². The number of amides is 1. The molecule has 0 spiro atoms. The lowest BCUT2D eigenvalue weighted by Crippen LogP contribution is -2.36. The normalized spacial score (nSPS) is 17.6. The van der Waals surface area contributed by atoms with Crippen LogP contribution in [-0.4, -0.2) is 37.1 Å². The molecule has 18 heavy (non-hydrogen) atoms. The van der Waals surface area contributed by atoms with Gasteiger partial charge in [-0.1, -0.05) is 30.3 Å². The molecule has 1 fully saturated rings. The minimum Gasteiger partial charge on any atom is -0.380 e. The lowest BCUT2D eigenvalue weighted by molar-refractivity contribution is -0.131. The quantitative estimate of drug-likeness (QED) is 0.793. The van der Waals surface area contributed by atoms with Gasteiger partial charge in [0.15, 0.2) is 0 Å². The molecule has 0 aromatic heterocycles. The van der Waals surface area contributed by atoms with Crippen LogP contribution >= 0.6 is 0 Å². The fourth-order valence-corrected chi connectivity index (χ4v) is 2.07. The molecule has 1 aromatic carbocycles. The number of ether oxygens (including phenoxy) is 1. The highest BCUT2D eigenvalue weighted by molar-refractivity contribution is 5.86. The number of hydrogen-bond donors (Lipinski definition) is 0. The summed E-state index contributed by atoms with van der Waals surface area (Å²) in [5, 5.41) is 9.22. The minimum absolute atomic E-state index is 0.116. The summed E-state index contributed by atoms with van der Waals surface area (Å²) in [7, 11) is 0. The third-order valence-electron chi connectivity index (χ3n) is 3.04. The SMILES string of the molecule is N#CC(C(=O)N1CCCOCC1)c1ccccc1. The Balaban J connectivity index is 2.13. The average Bonchev–Trinajstić information content (AvgIpc) is 2.69. The number of benzene rings is 1. The Morgan fingerprint density at radius 2 is 2.06 bits per heavy atom. The summed E-state index contributed by atoms with van der Waals surface area (Å²) in [5.74, 6) is -0.821. The van der Waals surface area contributed by atoms with Crippen molar-refractivity contribution in [3.05, 3.63) is 35.9 Å². The fourth-order valence-electron chi connectivity index (χ4n) is 2.07. The first-order valence-electron chi connectivity index (χ1n) is 6.14. The smallest absolute Gasteiger partial charge is 0.244 e. The molecule has 1 aliphatic rings. The Morgan fingerprint density at radius 3 is 2.78 bits per heavy atom. The van der Waals surface area contributed by atoms with Gasteiger partial charge in [0, 0.05) is 19.7 Å². The highest BCUT2D eigenvalue weighted by Gasteiger charge is 2.26. The van der Waals surface area contributed by atoms with E-state index in [1.165, 1.54) is 0 Å². The van der Waals surface area contributed by atoms with Gasteiger partial charge in [0.2, 0.25) is 5.91 Å². The van der Waals surface area contributed by atoms with Crippen molar-refractivity contribution in [2.45, 2.75) is 12.3 Å². The van der Waals surface area contributed by atoms with Crippen LogP contribution < -0.4 is 0 Å². The van der Waals surface area contributed by atoms with E-state index >= 15 is 0 Å². The Kier molecular flexibility index (Phi) is 4.32. The number of carbonyl (C=O) groups excluding carboxylic acids is 1. The van der Waals surface area contributed by atoms with Gasteiger partial charge in [0.1, 0.15) is 5.92 Å². The highest BCUT2D eigenvalue weighted by atomic mass is 16.5. The molecule has 1 amide bonds. The molecule has 2 rings (SSSR count). The van der Waals surface area contributed by atoms with E-state index in [0.717, 1.165) is 12.0 Å². The Labute approximate surface area is 107 Å². The summed E-state index contributed by atoms with van der Waals surface area (Å²) in [6, 6.07) is 11.3. The van der Waals surface area contributed by atoms with Gasteiger partial charge < -0.3 is 9.64 Å². The van der Waals surface area contributed by atoms with Crippen LogP contribution in [0.1, 0.15) is 17.9 Å². The number of carbonyl (C=O) groups is 1. The molecule has 94 valence electrons. The minimum atomic E-state index is -0.704. The molecule has 1 unspecified atom stereocenters. The van der Waals surface area contributed by atoms with Crippen molar-refractivity contribution in [2.24, 2.45) is 0 Å². The second-order valence-corrected chi connectivity index (χ2v) is 4.26. The van der Waals surface area contributed by atoms with Crippen LogP contribution in [0.25, 0.3) is 0 Å². The summed E-state index contributed by atoms with van der Waals surface area (Å²) in [4.78, 5) is 14.1. The first-order chi connectivity index (χ1) is 8.83. The van der Waals surface area contributed by atoms with Crippen LogP contribution in [0, 0.1) is 11.3 Å². The van der Waals surface area contributed by atoms with Crippen LogP contribution in [0.15, 0.2) is 30.3 Å². The van der Waals surface area contributed by atoms with Crippen molar-refractivity contribution in [1.82, 2.24) is 4.90 Å². The van der Waals surface area contributed by atoms with Gasteiger partial charge in [-0.05, 0) is 12.0 Å². The van der Waals surface area contributed by atoms with Crippen molar-refractivity contribution >= 4 is 5.91 Å². The van der Waals surface area contributed by atoms with Crippen LogP contribution in [0.2, 0.25) is 0 Å². The summed E-state index contributed by atoms with van der Waals surface area (Å²) < 4.78 is 5.32. The molecule has 1 aromatic rings. The van der Waals surface area contributed by atoms with Crippen LogP contribution in [0.4, 0.5) is 0 Å². The van der Waals surface area contributed by atoms with Gasteiger partial charge in [-0.2, -0.15) is 5.26 Å². The molecule has 0 N–H and O–H groups in total. The molecule has 4 heteroatoms. The first kappa shape index (κ1) is 12.6. The van der Waals surface area contributed by atoms with E-state index in [1.54, 1.807) is 4.90 Å². The Bertz CT molecular complexity index is 431. The van der Waals surface area contributed by atoms with Crippen molar-refractivity contribution in [1.29, 1.82) is 5.26 Å². The van der Waals surface area contributed by atoms with E-state index in [4.69, 9.17) is 4.74 Å². The molecule has 1 aliphatic heterocycles. The third kappa shape index (κ3) is 2.88. The second kappa shape index (κ2) is 6.18. The molecular weight excluding hydrogens is 228 g/mol. The average molecular weight is 244 g/mol. The van der Waals surface area contributed by atoms with Crippen LogP contribution in [0.5, 0.6) is 0 Å². The second-order valence-electron chi connectivity index (χ2n) is 4.26. The Hall–Kier alpha value is -1.86. The lowest BCUT2D eigenvalue weighted by Gasteiger charge is -2.22. The third-order valence-corrected chi connectivity index (χ3v) is 3.04. The molecule has 1 heterocycles. The number of nitriles is 1. The highest BCUT2D eigenvalue weighted by Crippen LogP contribution is 2.18. The van der Waals surface area contributed by atoms with Crippen molar-refractivity contribution in [2.75, 3.05) is 26.3 Å². The number of nitrogens with zero attached hydrogens (tertiary/aromatic N) is 2.